The average molecular weight is 807 g/mol. The van der Waals surface area contributed by atoms with Gasteiger partial charge < -0.3 is 34.4 Å². The lowest BCUT2D eigenvalue weighted by molar-refractivity contribution is -0.146. The summed E-state index contributed by atoms with van der Waals surface area (Å²) in [4.78, 5) is 70.6. The van der Waals surface area contributed by atoms with Crippen LogP contribution < -0.4 is 10.7 Å². The van der Waals surface area contributed by atoms with Gasteiger partial charge in [0.2, 0.25) is 11.8 Å². The third kappa shape index (κ3) is 8.17. The molecule has 4 N–H and O–H groups in total. The molecule has 312 valence electrons. The monoisotopic (exact) mass is 806 g/mol. The Morgan fingerprint density at radius 3 is 1.97 bits per heavy atom. The van der Waals surface area contributed by atoms with Crippen LogP contribution >= 0.6 is 0 Å². The molecule has 6 atom stereocenters. The van der Waals surface area contributed by atoms with E-state index in [4.69, 9.17) is 19.2 Å². The highest BCUT2D eigenvalue weighted by molar-refractivity contribution is 5.86. The number of aromatic nitrogens is 4. The molecule has 0 spiro atoms. The fourth-order valence-corrected chi connectivity index (χ4v) is 9.80. The van der Waals surface area contributed by atoms with E-state index in [-0.39, 0.29) is 47.6 Å². The standard InChI is InChI=1S/C44H54N8O7/c1-25(2)38(49-43(55)57-3)42(54)51-19-5-6-35(51)39-45-23-33(47-39)28-11-7-26(8-12-28)27-9-13-29(14-10-27)34-24-46-40(48-34)36-30-15-16-31(22-30)37(36)41(53)52(50-44(56)58-4)32-17-20-59-21-18-32/h7-14,23-25,30-32,35-38H,5-6,15-22H2,1-4H3,(H,45,47)(H,46,48)(H,49,55)(H,50,56)/t30?,31?,35-,36-,37-,38-/m0/s1. The number of benzene rings is 2. The number of aromatic amines is 2. The van der Waals surface area contributed by atoms with E-state index in [0.717, 1.165) is 77.4 Å². The predicted octanol–water partition coefficient (Wildman–Crippen LogP) is 6.59. The van der Waals surface area contributed by atoms with Crippen molar-refractivity contribution in [2.45, 2.75) is 82.8 Å². The van der Waals surface area contributed by atoms with Crippen molar-refractivity contribution in [3.8, 4) is 33.6 Å². The van der Waals surface area contributed by atoms with E-state index in [9.17, 15) is 19.2 Å². The minimum atomic E-state index is -0.689. The van der Waals surface area contributed by atoms with Gasteiger partial charge in [0, 0.05) is 25.7 Å². The molecule has 4 aliphatic rings. The SMILES string of the molecule is COC(=O)N[C@H](C(=O)N1CCC[C@H]1c1ncc(-c2ccc(-c3ccc(-c4cnc([C@H]5C6CCC(C6)[C@@H]5C(=O)N(NC(=O)OC)C5CCOCC5)[nH]4)cc3)cc2)[nH]1)C(C)C. The van der Waals surface area contributed by atoms with Gasteiger partial charge in [-0.1, -0.05) is 62.4 Å². The molecule has 2 bridgehead atoms. The highest BCUT2D eigenvalue weighted by Crippen LogP contribution is 2.57. The van der Waals surface area contributed by atoms with E-state index in [1.54, 1.807) is 0 Å². The van der Waals surface area contributed by atoms with Crippen LogP contribution in [-0.2, 0) is 23.8 Å². The zero-order valence-corrected chi connectivity index (χ0v) is 34.1. The number of nitrogens with one attached hydrogen (secondary N) is 4. The molecule has 4 fully saturated rings. The van der Waals surface area contributed by atoms with Crippen LogP contribution in [-0.4, -0.2) is 99.9 Å². The summed E-state index contributed by atoms with van der Waals surface area (Å²) < 4.78 is 15.2. The molecule has 15 nitrogen and oxygen atoms in total. The Balaban J connectivity index is 0.937. The summed E-state index contributed by atoms with van der Waals surface area (Å²) in [7, 11) is 2.60. The Kier molecular flexibility index (Phi) is 11.7. The van der Waals surface area contributed by atoms with Crippen molar-refractivity contribution < 1.29 is 33.4 Å². The molecule has 8 rings (SSSR count). The number of hydrogen-bond acceptors (Lipinski definition) is 9. The second kappa shape index (κ2) is 17.3. The molecule has 0 radical (unpaired) electrons. The molecule has 59 heavy (non-hydrogen) atoms. The second-order valence-electron chi connectivity index (χ2n) is 16.6. The van der Waals surface area contributed by atoms with E-state index in [1.807, 2.05) is 31.1 Å². The van der Waals surface area contributed by atoms with Crippen molar-refractivity contribution >= 4 is 24.0 Å². The zero-order valence-electron chi connectivity index (χ0n) is 34.1. The smallest absolute Gasteiger partial charge is 0.425 e. The summed E-state index contributed by atoms with van der Waals surface area (Å²) in [6.45, 7) is 5.48. The number of hydrazine groups is 1. The maximum absolute atomic E-state index is 14.3. The first-order valence-electron chi connectivity index (χ1n) is 20.8. The van der Waals surface area contributed by atoms with Crippen molar-refractivity contribution in [2.75, 3.05) is 34.0 Å². The van der Waals surface area contributed by atoms with Gasteiger partial charge in [0.1, 0.15) is 17.7 Å². The van der Waals surface area contributed by atoms with E-state index in [2.05, 4.69) is 74.2 Å². The van der Waals surface area contributed by atoms with Crippen molar-refractivity contribution in [1.82, 2.24) is 40.6 Å². The van der Waals surface area contributed by atoms with Crippen molar-refractivity contribution in [3.63, 3.8) is 0 Å². The summed E-state index contributed by atoms with van der Waals surface area (Å²) in [5, 5.41) is 4.23. The van der Waals surface area contributed by atoms with Gasteiger partial charge in [-0.15, -0.1) is 0 Å². The number of nitrogens with zero attached hydrogens (tertiary/aromatic N) is 4. The number of amides is 4. The van der Waals surface area contributed by atoms with Crippen LogP contribution in [0.3, 0.4) is 0 Å². The van der Waals surface area contributed by atoms with Gasteiger partial charge in [0.15, 0.2) is 0 Å². The van der Waals surface area contributed by atoms with Gasteiger partial charge in [-0.05, 0) is 85.0 Å². The summed E-state index contributed by atoms with van der Waals surface area (Å²) in [6.07, 6.45) is 8.36. The van der Waals surface area contributed by atoms with Crippen LogP contribution in [0.1, 0.15) is 82.4 Å². The number of rotatable bonds is 10. The molecule has 2 unspecified atom stereocenters. The Labute approximate surface area is 344 Å². The molecule has 2 aliphatic carbocycles. The molecular formula is C44H54N8O7. The average Bonchev–Trinajstić information content (AvgIpc) is 4.13. The van der Waals surface area contributed by atoms with Gasteiger partial charge in [0.25, 0.3) is 0 Å². The second-order valence-corrected chi connectivity index (χ2v) is 16.6. The minimum absolute atomic E-state index is 0.0623. The molecule has 2 saturated carbocycles. The topological polar surface area (TPSA) is 184 Å². The van der Waals surface area contributed by atoms with Gasteiger partial charge in [0.05, 0.1) is 56.0 Å². The number of likely N-dealkylation sites (tertiary alicyclic amines) is 1. The number of methoxy groups -OCH3 is 2. The Bertz CT molecular complexity index is 2130. The molecule has 4 aromatic rings. The number of alkyl carbamates (subject to hydrolysis) is 1. The number of H-pyrrole nitrogens is 2. The zero-order chi connectivity index (χ0) is 41.2. The van der Waals surface area contributed by atoms with Crippen molar-refractivity contribution in [3.05, 3.63) is 72.6 Å². The molecule has 2 saturated heterocycles. The first-order valence-corrected chi connectivity index (χ1v) is 20.8. The summed E-state index contributed by atoms with van der Waals surface area (Å²) in [5.74, 6) is 1.47. The predicted molar refractivity (Wildman–Crippen MR) is 218 cm³/mol. The largest absolute Gasteiger partial charge is 0.453 e. The molecule has 2 aromatic carbocycles. The number of fused-ring (bicyclic) bond motifs is 2. The number of carbonyl (C=O) groups is 4. The highest BCUT2D eigenvalue weighted by Gasteiger charge is 2.54. The quantitative estimate of drug-likeness (QED) is 0.129. The molecule has 15 heteroatoms. The minimum Gasteiger partial charge on any atom is -0.453 e. The van der Waals surface area contributed by atoms with E-state index >= 15 is 0 Å². The molecule has 2 aromatic heterocycles. The summed E-state index contributed by atoms with van der Waals surface area (Å²) in [5.41, 5.74) is 8.60. The first kappa shape index (κ1) is 40.1. The van der Waals surface area contributed by atoms with E-state index in [1.165, 1.54) is 19.2 Å². The molecule has 4 heterocycles. The van der Waals surface area contributed by atoms with Crippen LogP contribution in [0.25, 0.3) is 33.6 Å². The van der Waals surface area contributed by atoms with Crippen LogP contribution in [0.15, 0.2) is 60.9 Å². The number of carbonyl (C=O) groups excluding carboxylic acids is 4. The van der Waals surface area contributed by atoms with Gasteiger partial charge in [-0.25, -0.2) is 30.0 Å². The number of hydrogen-bond donors (Lipinski definition) is 4. The lowest BCUT2D eigenvalue weighted by Crippen LogP contribution is -2.56. The summed E-state index contributed by atoms with van der Waals surface area (Å²) in [6, 6.07) is 15.6. The fraction of sp³-hybridized carbons (Fsp3) is 0.500. The molecular weight excluding hydrogens is 753 g/mol. The lowest BCUT2D eigenvalue weighted by atomic mass is 9.78. The summed E-state index contributed by atoms with van der Waals surface area (Å²) >= 11 is 0. The Morgan fingerprint density at radius 1 is 0.780 bits per heavy atom. The molecule has 2 aliphatic heterocycles. The molecule has 4 amide bonds. The van der Waals surface area contributed by atoms with Crippen LogP contribution in [0.4, 0.5) is 9.59 Å². The third-order valence-electron chi connectivity index (χ3n) is 12.9. The van der Waals surface area contributed by atoms with Gasteiger partial charge in [-0.3, -0.25) is 9.59 Å². The Morgan fingerprint density at radius 2 is 1.36 bits per heavy atom. The Hall–Kier alpha value is -5.70. The van der Waals surface area contributed by atoms with Crippen molar-refractivity contribution in [2.24, 2.45) is 23.7 Å². The van der Waals surface area contributed by atoms with Crippen LogP contribution in [0, 0.1) is 23.7 Å². The van der Waals surface area contributed by atoms with Crippen LogP contribution in [0.2, 0.25) is 0 Å². The number of ether oxygens (including phenoxy) is 3. The van der Waals surface area contributed by atoms with Gasteiger partial charge in [-0.2, -0.15) is 0 Å². The normalized spacial score (nSPS) is 23.3. The third-order valence-corrected chi connectivity index (χ3v) is 12.9. The van der Waals surface area contributed by atoms with Crippen molar-refractivity contribution in [1.29, 1.82) is 0 Å². The highest BCUT2D eigenvalue weighted by atomic mass is 16.5. The first-order chi connectivity index (χ1) is 28.6. The number of imidazole rings is 2. The maximum atomic E-state index is 14.3. The lowest BCUT2D eigenvalue weighted by Gasteiger charge is -2.38. The van der Waals surface area contributed by atoms with E-state index in [0.29, 0.717) is 38.5 Å². The fourth-order valence-electron chi connectivity index (χ4n) is 9.80. The van der Waals surface area contributed by atoms with E-state index < -0.39 is 18.2 Å². The van der Waals surface area contributed by atoms with Crippen LogP contribution in [0.5, 0.6) is 0 Å². The maximum Gasteiger partial charge on any atom is 0.425 e. The van der Waals surface area contributed by atoms with Gasteiger partial charge >= 0.3 is 12.2 Å².